The molecule has 0 aliphatic carbocycles. The van der Waals surface area contributed by atoms with Crippen LogP contribution in [0.15, 0.2) is 18.2 Å². The monoisotopic (exact) mass is 507 g/mol. The standard InChI is InChI=1S/C27H41NO8/c1-7-17(4)12-24(30)35-21-11-10-20(14-22(21)36-25(31)13-18(5)8-2)16-27(28,26(32)33)15-19(6)34-23(29)9-3/h10-11,14,17-19H,7-9,12-13,15-16,28H2,1-6H3,(H,32,33)/t17?,18?,19-,27?/m0/s1. The van der Waals surface area contributed by atoms with E-state index >= 15 is 0 Å². The predicted molar refractivity (Wildman–Crippen MR) is 135 cm³/mol. The molecule has 0 radical (unpaired) electrons. The fourth-order valence-electron chi connectivity index (χ4n) is 3.47. The number of nitrogens with two attached hydrogens (primary N) is 1. The number of hydrogen-bond donors (Lipinski definition) is 2. The molecule has 0 saturated heterocycles. The maximum Gasteiger partial charge on any atom is 0.324 e. The molecule has 9 heteroatoms. The van der Waals surface area contributed by atoms with Crippen molar-refractivity contribution in [3.63, 3.8) is 0 Å². The van der Waals surface area contributed by atoms with Crippen LogP contribution < -0.4 is 15.2 Å². The second kappa shape index (κ2) is 14.6. The van der Waals surface area contributed by atoms with Crippen molar-refractivity contribution in [3.8, 4) is 11.5 Å². The van der Waals surface area contributed by atoms with Crippen molar-refractivity contribution in [1.82, 2.24) is 0 Å². The fourth-order valence-corrected chi connectivity index (χ4v) is 3.47. The van der Waals surface area contributed by atoms with Crippen LogP contribution in [0.1, 0.15) is 85.6 Å². The van der Waals surface area contributed by atoms with Gasteiger partial charge in [0, 0.05) is 32.1 Å². The van der Waals surface area contributed by atoms with Crippen LogP contribution >= 0.6 is 0 Å². The first-order chi connectivity index (χ1) is 16.8. The minimum Gasteiger partial charge on any atom is -0.480 e. The highest BCUT2D eigenvalue weighted by Gasteiger charge is 2.37. The molecule has 3 N–H and O–H groups in total. The first-order valence-corrected chi connectivity index (χ1v) is 12.6. The van der Waals surface area contributed by atoms with Crippen molar-refractivity contribution in [3.05, 3.63) is 23.8 Å². The van der Waals surface area contributed by atoms with Crippen LogP contribution in [0.25, 0.3) is 0 Å². The Bertz CT molecular complexity index is 915. The van der Waals surface area contributed by atoms with Crippen LogP contribution in [0.4, 0.5) is 0 Å². The van der Waals surface area contributed by atoms with Crippen molar-refractivity contribution >= 4 is 23.9 Å². The molecule has 0 fully saturated rings. The lowest BCUT2D eigenvalue weighted by molar-refractivity contribution is -0.153. The molecule has 0 aliphatic heterocycles. The van der Waals surface area contributed by atoms with Gasteiger partial charge in [0.2, 0.25) is 0 Å². The molecule has 9 nitrogen and oxygen atoms in total. The number of hydrogen-bond acceptors (Lipinski definition) is 8. The summed E-state index contributed by atoms with van der Waals surface area (Å²) in [6.45, 7) is 11.0. The number of esters is 3. The number of rotatable bonds is 15. The number of carboxylic acid groups (broad SMARTS) is 1. The Kier molecular flexibility index (Phi) is 12.6. The fraction of sp³-hybridized carbons (Fsp3) is 0.630. The van der Waals surface area contributed by atoms with E-state index in [1.54, 1.807) is 19.9 Å². The number of aliphatic carboxylic acids is 1. The van der Waals surface area contributed by atoms with Crippen LogP contribution in [-0.4, -0.2) is 40.6 Å². The number of benzene rings is 1. The van der Waals surface area contributed by atoms with E-state index in [1.165, 1.54) is 12.1 Å². The van der Waals surface area contributed by atoms with Crippen LogP contribution in [0, 0.1) is 11.8 Å². The van der Waals surface area contributed by atoms with Gasteiger partial charge >= 0.3 is 23.9 Å². The highest BCUT2D eigenvalue weighted by Crippen LogP contribution is 2.32. The van der Waals surface area contributed by atoms with E-state index < -0.39 is 35.5 Å². The van der Waals surface area contributed by atoms with E-state index in [-0.39, 0.29) is 55.4 Å². The van der Waals surface area contributed by atoms with Crippen molar-refractivity contribution in [1.29, 1.82) is 0 Å². The Balaban J connectivity index is 3.22. The van der Waals surface area contributed by atoms with Gasteiger partial charge < -0.3 is 25.1 Å². The van der Waals surface area contributed by atoms with Crippen molar-refractivity contribution in [2.75, 3.05) is 0 Å². The maximum atomic E-state index is 12.5. The van der Waals surface area contributed by atoms with E-state index in [2.05, 4.69) is 0 Å². The van der Waals surface area contributed by atoms with E-state index in [0.717, 1.165) is 12.8 Å². The first kappa shape index (κ1) is 31.1. The molecule has 202 valence electrons. The minimum atomic E-state index is -1.75. The quantitative estimate of drug-likeness (QED) is 0.260. The zero-order chi connectivity index (χ0) is 27.5. The third-order valence-electron chi connectivity index (χ3n) is 6.10. The summed E-state index contributed by atoms with van der Waals surface area (Å²) < 4.78 is 16.2. The van der Waals surface area contributed by atoms with E-state index in [9.17, 15) is 24.3 Å². The summed E-state index contributed by atoms with van der Waals surface area (Å²) in [6, 6.07) is 4.51. The molecule has 0 aliphatic rings. The molecule has 36 heavy (non-hydrogen) atoms. The topological polar surface area (TPSA) is 142 Å². The Hall–Kier alpha value is -2.94. The zero-order valence-corrected chi connectivity index (χ0v) is 22.3. The van der Waals surface area contributed by atoms with Gasteiger partial charge in [-0.1, -0.05) is 53.5 Å². The zero-order valence-electron chi connectivity index (χ0n) is 22.3. The summed E-state index contributed by atoms with van der Waals surface area (Å²) in [5.74, 6) is -2.32. The Labute approximate surface area is 213 Å². The summed E-state index contributed by atoms with van der Waals surface area (Å²) in [5, 5.41) is 9.84. The van der Waals surface area contributed by atoms with Crippen LogP contribution in [-0.2, 0) is 30.3 Å². The van der Waals surface area contributed by atoms with Gasteiger partial charge in [-0.25, -0.2) is 0 Å². The van der Waals surface area contributed by atoms with Gasteiger partial charge in [-0.2, -0.15) is 0 Å². The lowest BCUT2D eigenvalue weighted by Gasteiger charge is -2.28. The minimum absolute atomic E-state index is 0.0245. The highest BCUT2D eigenvalue weighted by molar-refractivity contribution is 5.80. The van der Waals surface area contributed by atoms with Crippen LogP contribution in [0.3, 0.4) is 0 Å². The first-order valence-electron chi connectivity index (χ1n) is 12.6. The summed E-state index contributed by atoms with van der Waals surface area (Å²) in [4.78, 5) is 48.5. The molecule has 0 amide bonds. The Morgan fingerprint density at radius 3 is 1.89 bits per heavy atom. The molecule has 0 saturated carbocycles. The average Bonchev–Trinajstić information content (AvgIpc) is 2.79. The van der Waals surface area contributed by atoms with Crippen LogP contribution in [0.5, 0.6) is 11.5 Å². The summed E-state index contributed by atoms with van der Waals surface area (Å²) >= 11 is 0. The van der Waals surface area contributed by atoms with Gasteiger partial charge in [0.15, 0.2) is 11.5 Å². The van der Waals surface area contributed by atoms with Gasteiger partial charge in [0.1, 0.15) is 11.6 Å². The van der Waals surface area contributed by atoms with E-state index in [0.29, 0.717) is 5.56 Å². The molecule has 0 heterocycles. The predicted octanol–water partition coefficient (Wildman–Crippen LogP) is 4.43. The number of carboxylic acids is 1. The molecule has 1 aromatic carbocycles. The highest BCUT2D eigenvalue weighted by atomic mass is 16.6. The number of carbonyl (C=O) groups excluding carboxylic acids is 3. The maximum absolute atomic E-state index is 12.5. The molecule has 0 bridgehead atoms. The molecular weight excluding hydrogens is 466 g/mol. The van der Waals surface area contributed by atoms with Gasteiger partial charge in [0.05, 0.1) is 0 Å². The summed E-state index contributed by atoms with van der Waals surface area (Å²) in [7, 11) is 0. The molecule has 0 spiro atoms. The van der Waals surface area contributed by atoms with Crippen molar-refractivity contribution in [2.24, 2.45) is 17.6 Å². The lowest BCUT2D eigenvalue weighted by atomic mass is 9.86. The SMILES string of the molecule is CCC(=O)O[C@@H](C)CC(N)(Cc1ccc(OC(=O)CC(C)CC)c(OC(=O)CC(C)CC)c1)C(=O)O. The second-order valence-electron chi connectivity index (χ2n) is 9.66. The van der Waals surface area contributed by atoms with Gasteiger partial charge in [-0.3, -0.25) is 19.2 Å². The largest absolute Gasteiger partial charge is 0.480 e. The summed E-state index contributed by atoms with van der Waals surface area (Å²) in [6.07, 6.45) is 1.18. The van der Waals surface area contributed by atoms with Crippen molar-refractivity contribution < 1.29 is 38.5 Å². The molecule has 1 rings (SSSR count). The van der Waals surface area contributed by atoms with Crippen molar-refractivity contribution in [2.45, 2.75) is 98.1 Å². The van der Waals surface area contributed by atoms with Crippen LogP contribution in [0.2, 0.25) is 0 Å². The summed E-state index contributed by atoms with van der Waals surface area (Å²) in [5.41, 5.74) is 4.94. The molecule has 3 unspecified atom stereocenters. The van der Waals surface area contributed by atoms with E-state index in [1.807, 2.05) is 27.7 Å². The third-order valence-corrected chi connectivity index (χ3v) is 6.10. The Morgan fingerprint density at radius 1 is 0.889 bits per heavy atom. The smallest absolute Gasteiger partial charge is 0.324 e. The number of ether oxygens (including phenoxy) is 3. The molecule has 4 atom stereocenters. The third kappa shape index (κ3) is 10.4. The average molecular weight is 508 g/mol. The van der Waals surface area contributed by atoms with Gasteiger partial charge in [-0.05, 0) is 36.5 Å². The molecule has 0 aromatic heterocycles. The Morgan fingerprint density at radius 2 is 1.42 bits per heavy atom. The van der Waals surface area contributed by atoms with Gasteiger partial charge in [-0.15, -0.1) is 0 Å². The number of carbonyl (C=O) groups is 4. The van der Waals surface area contributed by atoms with E-state index in [4.69, 9.17) is 19.9 Å². The molecule has 1 aromatic rings. The lowest BCUT2D eigenvalue weighted by Crippen LogP contribution is -2.52. The normalized spacial score (nSPS) is 15.2. The molecular formula is C27H41NO8. The second-order valence-corrected chi connectivity index (χ2v) is 9.66. The van der Waals surface area contributed by atoms with Gasteiger partial charge in [0.25, 0.3) is 0 Å².